The minimum Gasteiger partial charge on any atom is -0.465 e. The third-order valence-electron chi connectivity index (χ3n) is 3.11. The average Bonchev–Trinajstić information content (AvgIpc) is 2.35. The highest BCUT2D eigenvalue weighted by Crippen LogP contribution is 2.10. The highest BCUT2D eigenvalue weighted by molar-refractivity contribution is 5.85. The Hall–Kier alpha value is -0.280. The summed E-state index contributed by atoms with van der Waals surface area (Å²) >= 11 is 0. The van der Waals surface area contributed by atoms with E-state index < -0.39 is 6.04 Å². The van der Waals surface area contributed by atoms with Gasteiger partial charge in [-0.05, 0) is 13.3 Å². The van der Waals surface area contributed by atoms with Crippen molar-refractivity contribution in [1.29, 1.82) is 0 Å². The van der Waals surface area contributed by atoms with Crippen LogP contribution in [0.1, 0.15) is 78.1 Å². The molecular weight excluding hydrogens is 262 g/mol. The molecule has 0 bridgehead atoms. The molecule has 0 aromatic heterocycles. The van der Waals surface area contributed by atoms with Crippen LogP contribution in [0.4, 0.5) is 0 Å². The van der Waals surface area contributed by atoms with Crippen LogP contribution in [-0.4, -0.2) is 18.6 Å². The highest BCUT2D eigenvalue weighted by atomic mass is 35.5. The molecule has 0 unspecified atom stereocenters. The summed E-state index contributed by atoms with van der Waals surface area (Å²) in [5.74, 6) is -0.286. The van der Waals surface area contributed by atoms with Crippen molar-refractivity contribution in [3.8, 4) is 0 Å². The normalized spacial score (nSPS) is 11.7. The lowest BCUT2D eigenvalue weighted by atomic mass is 10.1. The number of nitrogens with two attached hydrogens (primary N) is 1. The number of hydrogen-bond donors (Lipinski definition) is 1. The van der Waals surface area contributed by atoms with Gasteiger partial charge < -0.3 is 10.5 Å². The number of carbonyl (C=O) groups is 1. The number of carbonyl (C=O) groups excluding carboxylic acids is 1. The lowest BCUT2D eigenvalue weighted by molar-refractivity contribution is -0.144. The first-order valence-electron chi connectivity index (χ1n) is 7.60. The van der Waals surface area contributed by atoms with E-state index in [9.17, 15) is 4.79 Å². The Balaban J connectivity index is 0. The average molecular weight is 294 g/mol. The molecule has 3 nitrogen and oxygen atoms in total. The molecule has 0 aliphatic rings. The fourth-order valence-corrected chi connectivity index (χ4v) is 1.89. The highest BCUT2D eigenvalue weighted by Gasteiger charge is 2.07. The summed E-state index contributed by atoms with van der Waals surface area (Å²) < 4.78 is 5.01. The van der Waals surface area contributed by atoms with Crippen molar-refractivity contribution in [3.05, 3.63) is 0 Å². The van der Waals surface area contributed by atoms with E-state index in [2.05, 4.69) is 6.92 Å². The Labute approximate surface area is 125 Å². The summed E-state index contributed by atoms with van der Waals surface area (Å²) in [4.78, 5) is 11.1. The molecule has 0 aliphatic heterocycles. The van der Waals surface area contributed by atoms with Gasteiger partial charge in [-0.3, -0.25) is 4.79 Å². The van der Waals surface area contributed by atoms with Gasteiger partial charge in [-0.2, -0.15) is 0 Å². The van der Waals surface area contributed by atoms with Crippen LogP contribution in [0.25, 0.3) is 0 Å². The van der Waals surface area contributed by atoms with Crippen molar-refractivity contribution in [2.45, 2.75) is 84.1 Å². The van der Waals surface area contributed by atoms with Crippen molar-refractivity contribution in [3.63, 3.8) is 0 Å². The van der Waals surface area contributed by atoms with E-state index >= 15 is 0 Å². The Kier molecular flexibility index (Phi) is 17.5. The monoisotopic (exact) mass is 293 g/mol. The first kappa shape index (κ1) is 21.0. The minimum absolute atomic E-state index is 0. The molecule has 0 amide bonds. The topological polar surface area (TPSA) is 52.3 Å². The van der Waals surface area contributed by atoms with Crippen LogP contribution in [-0.2, 0) is 9.53 Å². The lowest BCUT2D eigenvalue weighted by Gasteiger charge is -2.06. The molecule has 0 saturated heterocycles. The molecule has 0 heterocycles. The van der Waals surface area contributed by atoms with E-state index in [4.69, 9.17) is 10.5 Å². The summed E-state index contributed by atoms with van der Waals surface area (Å²) in [5.41, 5.74) is 5.39. The summed E-state index contributed by atoms with van der Waals surface area (Å²) in [6.07, 6.45) is 12.9. The second-order valence-corrected chi connectivity index (χ2v) is 5.14. The van der Waals surface area contributed by atoms with Gasteiger partial charge in [-0.1, -0.05) is 64.7 Å². The minimum atomic E-state index is -0.492. The number of halogens is 1. The molecule has 0 rings (SSSR count). The van der Waals surface area contributed by atoms with Crippen molar-refractivity contribution in [2.75, 3.05) is 6.61 Å². The van der Waals surface area contributed by atoms with Crippen LogP contribution in [0.3, 0.4) is 0 Å². The Morgan fingerprint density at radius 1 is 0.947 bits per heavy atom. The fourth-order valence-electron chi connectivity index (χ4n) is 1.89. The first-order chi connectivity index (χ1) is 8.68. The van der Waals surface area contributed by atoms with Gasteiger partial charge in [0.15, 0.2) is 0 Å². The van der Waals surface area contributed by atoms with Crippen LogP contribution in [0.15, 0.2) is 0 Å². The van der Waals surface area contributed by atoms with Gasteiger partial charge in [0.05, 0.1) is 6.61 Å². The maximum atomic E-state index is 11.1. The predicted octanol–water partition coefficient (Wildman–Crippen LogP) is 4.22. The van der Waals surface area contributed by atoms with Gasteiger partial charge in [0.25, 0.3) is 0 Å². The first-order valence-corrected chi connectivity index (χ1v) is 7.60. The van der Waals surface area contributed by atoms with Crippen molar-refractivity contribution in [2.24, 2.45) is 5.73 Å². The van der Waals surface area contributed by atoms with Crippen molar-refractivity contribution < 1.29 is 9.53 Å². The van der Waals surface area contributed by atoms with Crippen molar-refractivity contribution in [1.82, 2.24) is 0 Å². The predicted molar refractivity (Wildman–Crippen MR) is 83.7 cm³/mol. The molecule has 4 heteroatoms. The van der Waals surface area contributed by atoms with Gasteiger partial charge in [0.2, 0.25) is 0 Å². The van der Waals surface area contributed by atoms with Gasteiger partial charge in [0, 0.05) is 0 Å². The maximum Gasteiger partial charge on any atom is 0.322 e. The zero-order valence-corrected chi connectivity index (χ0v) is 13.5. The Morgan fingerprint density at radius 2 is 1.37 bits per heavy atom. The van der Waals surface area contributed by atoms with Crippen LogP contribution in [0, 0.1) is 0 Å². The number of ether oxygens (including phenoxy) is 1. The largest absolute Gasteiger partial charge is 0.465 e. The quantitative estimate of drug-likeness (QED) is 0.433. The van der Waals surface area contributed by atoms with E-state index in [1.807, 2.05) is 0 Å². The third-order valence-corrected chi connectivity index (χ3v) is 3.11. The van der Waals surface area contributed by atoms with Gasteiger partial charge in [-0.25, -0.2) is 0 Å². The summed E-state index contributed by atoms with van der Waals surface area (Å²) in [7, 11) is 0. The standard InChI is InChI=1S/C15H31NO2.ClH/c1-3-4-5-6-7-8-9-10-11-12-13-18-15(17)14(2)16;/h14H,3-13,16H2,1-2H3;1H/t14-;/m0./s1. The summed E-state index contributed by atoms with van der Waals surface area (Å²) in [6, 6.07) is -0.492. The molecule has 19 heavy (non-hydrogen) atoms. The van der Waals surface area contributed by atoms with Crippen LogP contribution in [0.2, 0.25) is 0 Å². The Bertz CT molecular complexity index is 199. The molecule has 0 saturated carbocycles. The molecule has 1 atom stereocenters. The number of unbranched alkanes of at least 4 members (excludes halogenated alkanes) is 9. The molecule has 0 spiro atoms. The SMILES string of the molecule is CCCCCCCCCCCCOC(=O)[C@H](C)N.Cl. The summed E-state index contributed by atoms with van der Waals surface area (Å²) in [6.45, 7) is 4.43. The second kappa shape index (κ2) is 15.8. The Morgan fingerprint density at radius 3 is 1.79 bits per heavy atom. The molecule has 2 N–H and O–H groups in total. The third kappa shape index (κ3) is 15.7. The molecule has 0 aromatic carbocycles. The zero-order chi connectivity index (χ0) is 13.6. The summed E-state index contributed by atoms with van der Waals surface area (Å²) in [5, 5.41) is 0. The van der Waals surface area contributed by atoms with Gasteiger partial charge in [0.1, 0.15) is 6.04 Å². The van der Waals surface area contributed by atoms with Crippen LogP contribution < -0.4 is 5.73 Å². The second-order valence-electron chi connectivity index (χ2n) is 5.14. The number of esters is 1. The van der Waals surface area contributed by atoms with E-state index in [-0.39, 0.29) is 18.4 Å². The molecule has 0 aromatic rings. The molecule has 116 valence electrons. The number of rotatable bonds is 12. The van der Waals surface area contributed by atoms with E-state index in [1.54, 1.807) is 6.92 Å². The molecular formula is C15H32ClNO2. The fraction of sp³-hybridized carbons (Fsp3) is 0.933. The molecule has 0 aliphatic carbocycles. The van der Waals surface area contributed by atoms with E-state index in [1.165, 1.54) is 51.4 Å². The van der Waals surface area contributed by atoms with Gasteiger partial charge in [-0.15, -0.1) is 12.4 Å². The molecule has 0 radical (unpaired) electrons. The number of hydrogen-bond acceptors (Lipinski definition) is 3. The smallest absolute Gasteiger partial charge is 0.322 e. The van der Waals surface area contributed by atoms with Crippen molar-refractivity contribution >= 4 is 18.4 Å². The van der Waals surface area contributed by atoms with E-state index in [0.29, 0.717) is 6.61 Å². The lowest BCUT2D eigenvalue weighted by Crippen LogP contribution is -2.28. The maximum absolute atomic E-state index is 11.1. The van der Waals surface area contributed by atoms with Gasteiger partial charge >= 0.3 is 5.97 Å². The molecule has 0 fully saturated rings. The van der Waals surface area contributed by atoms with Crippen LogP contribution in [0.5, 0.6) is 0 Å². The van der Waals surface area contributed by atoms with Crippen LogP contribution >= 0.6 is 12.4 Å². The zero-order valence-electron chi connectivity index (χ0n) is 12.7. The van der Waals surface area contributed by atoms with E-state index in [0.717, 1.165) is 12.8 Å².